The van der Waals surface area contributed by atoms with Gasteiger partial charge < -0.3 is 0 Å². The van der Waals surface area contributed by atoms with Crippen LogP contribution in [0.4, 0.5) is 0 Å². The lowest BCUT2D eigenvalue weighted by Crippen LogP contribution is -2.44. The molecule has 0 aliphatic carbocycles. The Morgan fingerprint density at radius 3 is 2.25 bits per heavy atom. The van der Waals surface area contributed by atoms with Crippen LogP contribution in [0.3, 0.4) is 0 Å². The van der Waals surface area contributed by atoms with Crippen molar-refractivity contribution in [1.29, 1.82) is 0 Å². The molecule has 0 atom stereocenters. The molecule has 0 aromatic heterocycles. The maximum atomic E-state index is 12.7. The summed E-state index contributed by atoms with van der Waals surface area (Å²) in [4.78, 5) is 0.314. The number of hydrogen-bond donors (Lipinski definition) is 0. The van der Waals surface area contributed by atoms with Crippen LogP contribution in [0.15, 0.2) is 23.1 Å². The Balaban J connectivity index is 3.29. The molecule has 114 valence electrons. The number of aryl methyl sites for hydroxylation is 1. The van der Waals surface area contributed by atoms with Crippen molar-refractivity contribution in [2.45, 2.75) is 56.9 Å². The van der Waals surface area contributed by atoms with Gasteiger partial charge in [0.2, 0.25) is 10.0 Å². The molecule has 1 aromatic rings. The zero-order chi connectivity index (χ0) is 15.6. The molecule has 0 saturated heterocycles. The zero-order valence-electron chi connectivity index (χ0n) is 12.9. The number of rotatable bonds is 6. The lowest BCUT2D eigenvalue weighted by molar-refractivity contribution is 0.257. The van der Waals surface area contributed by atoms with Gasteiger partial charge in [0.1, 0.15) is 0 Å². The molecule has 0 aliphatic heterocycles. The molecule has 0 spiro atoms. The first-order valence-electron chi connectivity index (χ1n) is 6.87. The number of hydrogen-bond acceptors (Lipinski definition) is 2. The molecule has 0 radical (unpaired) electrons. The molecule has 0 fully saturated rings. The molecule has 1 rings (SSSR count). The Morgan fingerprint density at radius 1 is 1.20 bits per heavy atom. The van der Waals surface area contributed by atoms with E-state index in [2.05, 4.69) is 0 Å². The Hall–Kier alpha value is -0.580. The van der Waals surface area contributed by atoms with Crippen LogP contribution in [0, 0.1) is 0 Å². The summed E-state index contributed by atoms with van der Waals surface area (Å²) >= 11 is 5.92. The van der Waals surface area contributed by atoms with Gasteiger partial charge in [0.05, 0.1) is 4.90 Å². The summed E-state index contributed by atoms with van der Waals surface area (Å²) in [5.41, 5.74) is 1.57. The lowest BCUT2D eigenvalue weighted by atomic mass is 10.0. The quantitative estimate of drug-likeness (QED) is 0.748. The first-order chi connectivity index (χ1) is 9.20. The maximum Gasteiger partial charge on any atom is 0.243 e. The molecule has 0 bridgehead atoms. The van der Waals surface area contributed by atoms with E-state index in [1.807, 2.05) is 33.8 Å². The molecule has 5 heteroatoms. The van der Waals surface area contributed by atoms with Crippen LogP contribution in [0.1, 0.15) is 45.2 Å². The lowest BCUT2D eigenvalue weighted by Gasteiger charge is -2.33. The molecule has 0 amide bonds. The van der Waals surface area contributed by atoms with Gasteiger partial charge in [0.15, 0.2) is 0 Å². The predicted molar refractivity (Wildman–Crippen MR) is 84.7 cm³/mol. The van der Waals surface area contributed by atoms with E-state index in [0.717, 1.165) is 24.0 Å². The van der Waals surface area contributed by atoms with Crippen LogP contribution in [-0.2, 0) is 22.3 Å². The number of benzene rings is 1. The molecular weight excluding hydrogens is 294 g/mol. The smallest absolute Gasteiger partial charge is 0.207 e. The van der Waals surface area contributed by atoms with E-state index in [0.29, 0.717) is 10.8 Å². The van der Waals surface area contributed by atoms with E-state index in [-0.39, 0.29) is 0 Å². The van der Waals surface area contributed by atoms with Crippen molar-refractivity contribution >= 4 is 21.6 Å². The first-order valence-corrected chi connectivity index (χ1v) is 8.85. The highest BCUT2D eigenvalue weighted by Crippen LogP contribution is 2.27. The Kier molecular flexibility index (Phi) is 5.64. The monoisotopic (exact) mass is 317 g/mol. The highest BCUT2D eigenvalue weighted by Gasteiger charge is 2.32. The van der Waals surface area contributed by atoms with E-state index in [4.69, 9.17) is 11.6 Å². The second kappa shape index (κ2) is 6.46. The van der Waals surface area contributed by atoms with E-state index in [1.54, 1.807) is 19.2 Å². The van der Waals surface area contributed by atoms with Crippen LogP contribution in [0.25, 0.3) is 0 Å². The second-order valence-electron chi connectivity index (χ2n) is 5.56. The average Bonchev–Trinajstić information content (AvgIpc) is 2.45. The third-order valence-corrected chi connectivity index (χ3v) is 6.43. The number of alkyl halides is 1. The molecule has 3 nitrogen and oxygen atoms in total. The second-order valence-corrected chi connectivity index (χ2v) is 7.79. The fourth-order valence-electron chi connectivity index (χ4n) is 1.94. The molecule has 0 aliphatic rings. The van der Waals surface area contributed by atoms with Gasteiger partial charge in [-0.1, -0.05) is 19.9 Å². The normalized spacial score (nSPS) is 12.9. The van der Waals surface area contributed by atoms with E-state index < -0.39 is 15.6 Å². The molecule has 0 N–H and O–H groups in total. The van der Waals surface area contributed by atoms with Crippen LogP contribution in [0.5, 0.6) is 0 Å². The minimum Gasteiger partial charge on any atom is -0.207 e. The van der Waals surface area contributed by atoms with Crippen LogP contribution in [-0.4, -0.2) is 25.3 Å². The fourth-order valence-corrected chi connectivity index (χ4v) is 3.81. The molecule has 20 heavy (non-hydrogen) atoms. The number of halogens is 1. The van der Waals surface area contributed by atoms with Gasteiger partial charge in [-0.15, -0.1) is 11.6 Å². The summed E-state index contributed by atoms with van der Waals surface area (Å²) in [7, 11) is -1.86. The highest BCUT2D eigenvalue weighted by molar-refractivity contribution is 7.89. The minimum absolute atomic E-state index is 0.314. The summed E-state index contributed by atoms with van der Waals surface area (Å²) in [6.07, 6.45) is 1.59. The third kappa shape index (κ3) is 3.35. The highest BCUT2D eigenvalue weighted by atomic mass is 35.5. The van der Waals surface area contributed by atoms with Crippen molar-refractivity contribution in [1.82, 2.24) is 4.31 Å². The number of sulfonamides is 1. The minimum atomic E-state index is -3.49. The topological polar surface area (TPSA) is 37.4 Å². The molecule has 1 aromatic carbocycles. The molecule has 0 heterocycles. The average molecular weight is 318 g/mol. The van der Waals surface area contributed by atoms with Crippen LogP contribution in [0.2, 0.25) is 0 Å². The summed E-state index contributed by atoms with van der Waals surface area (Å²) in [6.45, 7) is 7.86. The van der Waals surface area contributed by atoms with Crippen molar-refractivity contribution in [3.05, 3.63) is 29.3 Å². The standard InChI is InChI=1S/C15H24ClNO2S/c1-6-12-8-9-14(10-13(12)11-16)20(18,19)17(5)15(3,4)7-2/h8-10H,6-7,11H2,1-5H3. The van der Waals surface area contributed by atoms with Gasteiger partial charge in [-0.05, 0) is 49.9 Å². The van der Waals surface area contributed by atoms with Crippen LogP contribution < -0.4 is 0 Å². The van der Waals surface area contributed by atoms with Crippen molar-refractivity contribution < 1.29 is 8.42 Å². The molecular formula is C15H24ClNO2S. The number of nitrogens with zero attached hydrogens (tertiary/aromatic N) is 1. The third-order valence-electron chi connectivity index (χ3n) is 4.08. The fraction of sp³-hybridized carbons (Fsp3) is 0.600. The van der Waals surface area contributed by atoms with Gasteiger partial charge in [0, 0.05) is 18.5 Å². The molecule has 0 saturated carbocycles. The van der Waals surface area contributed by atoms with Gasteiger partial charge in [-0.2, -0.15) is 4.31 Å². The Labute approximate surface area is 128 Å². The summed E-state index contributed by atoms with van der Waals surface area (Å²) in [6, 6.07) is 5.23. The van der Waals surface area contributed by atoms with E-state index in [9.17, 15) is 8.42 Å². The van der Waals surface area contributed by atoms with Gasteiger partial charge in [-0.3, -0.25) is 0 Å². The largest absolute Gasteiger partial charge is 0.243 e. The van der Waals surface area contributed by atoms with Gasteiger partial charge >= 0.3 is 0 Å². The summed E-state index contributed by atoms with van der Waals surface area (Å²) in [5.74, 6) is 0.327. The maximum absolute atomic E-state index is 12.7. The SMILES string of the molecule is CCc1ccc(S(=O)(=O)N(C)C(C)(C)CC)cc1CCl. The van der Waals surface area contributed by atoms with Crippen molar-refractivity contribution in [2.24, 2.45) is 0 Å². The molecule has 0 unspecified atom stereocenters. The van der Waals surface area contributed by atoms with Crippen LogP contribution >= 0.6 is 11.6 Å². The zero-order valence-corrected chi connectivity index (χ0v) is 14.5. The van der Waals surface area contributed by atoms with Crippen molar-refractivity contribution in [3.63, 3.8) is 0 Å². The van der Waals surface area contributed by atoms with Crippen molar-refractivity contribution in [2.75, 3.05) is 7.05 Å². The summed E-state index contributed by atoms with van der Waals surface area (Å²) < 4.78 is 26.8. The van der Waals surface area contributed by atoms with Crippen molar-refractivity contribution in [3.8, 4) is 0 Å². The van der Waals surface area contributed by atoms with Gasteiger partial charge in [-0.25, -0.2) is 8.42 Å². The van der Waals surface area contributed by atoms with E-state index in [1.165, 1.54) is 4.31 Å². The Bertz CT molecular complexity index is 567. The summed E-state index contributed by atoms with van der Waals surface area (Å²) in [5, 5.41) is 0. The first kappa shape index (κ1) is 17.5. The van der Waals surface area contributed by atoms with E-state index >= 15 is 0 Å². The van der Waals surface area contributed by atoms with Gasteiger partial charge in [0.25, 0.3) is 0 Å². The Morgan fingerprint density at radius 2 is 1.80 bits per heavy atom. The predicted octanol–water partition coefficient (Wildman–Crippen LogP) is 3.80.